The molecule has 17 heteroatoms. The highest BCUT2D eigenvalue weighted by atomic mass is 32.2. The van der Waals surface area contributed by atoms with Crippen molar-refractivity contribution >= 4 is 50.5 Å². The van der Waals surface area contributed by atoms with Gasteiger partial charge in [-0.1, -0.05) is 24.3 Å². The van der Waals surface area contributed by atoms with Crippen LogP contribution in [0.15, 0.2) is 54.9 Å². The zero-order valence-corrected chi connectivity index (χ0v) is 22.2. The van der Waals surface area contributed by atoms with Gasteiger partial charge in [-0.3, -0.25) is 13.5 Å². The number of fused-ring (bicyclic) bond motifs is 1. The number of rotatable bonds is 9. The molecule has 1 saturated heterocycles. The lowest BCUT2D eigenvalue weighted by atomic mass is 10.1. The normalized spacial score (nSPS) is 20.8. The highest BCUT2D eigenvalue weighted by Gasteiger charge is 2.51. The number of aliphatic hydroxyl groups excluding tert-OH is 1. The fourth-order valence-electron chi connectivity index (χ4n) is 4.28. The van der Waals surface area contributed by atoms with E-state index < -0.39 is 47.4 Å². The van der Waals surface area contributed by atoms with E-state index in [9.17, 15) is 23.4 Å². The molecule has 3 atom stereocenters. The summed E-state index contributed by atoms with van der Waals surface area (Å²) in [5.41, 5.74) is 17.1. The van der Waals surface area contributed by atoms with Crippen molar-refractivity contribution in [2.24, 2.45) is 5.73 Å². The van der Waals surface area contributed by atoms with Crippen molar-refractivity contribution < 1.29 is 32.3 Å². The molecule has 1 amide bonds. The maximum atomic E-state index is 12.4. The Morgan fingerprint density at radius 2 is 1.98 bits per heavy atom. The van der Waals surface area contributed by atoms with Gasteiger partial charge in [-0.2, -0.15) is 18.4 Å². The van der Waals surface area contributed by atoms with Crippen LogP contribution in [0.4, 0.5) is 23.1 Å². The Balaban J connectivity index is 1.32. The molecule has 41 heavy (non-hydrogen) atoms. The SMILES string of the molecule is NCc1cccc(Nc2nc(N)c3ncn([C@@]4(O)CO[C@H](COS(=O)(=O)NC(=O)c5ccccc5N)[C@H]4O)c3n2)c1. The smallest absolute Gasteiger partial charge is 0.362 e. The van der Waals surface area contributed by atoms with Crippen molar-refractivity contribution in [3.63, 3.8) is 0 Å². The van der Waals surface area contributed by atoms with E-state index in [1.807, 2.05) is 6.07 Å². The van der Waals surface area contributed by atoms with Gasteiger partial charge in [-0.25, -0.2) is 9.71 Å². The highest BCUT2D eigenvalue weighted by molar-refractivity contribution is 7.85. The van der Waals surface area contributed by atoms with Gasteiger partial charge in [0.25, 0.3) is 5.91 Å². The van der Waals surface area contributed by atoms with Crippen molar-refractivity contribution in [2.75, 3.05) is 30.0 Å². The second-order valence-corrected chi connectivity index (χ2v) is 10.5. The van der Waals surface area contributed by atoms with Crippen LogP contribution in [0.5, 0.6) is 0 Å². The van der Waals surface area contributed by atoms with E-state index in [4.69, 9.17) is 26.1 Å². The van der Waals surface area contributed by atoms with Crippen LogP contribution >= 0.6 is 0 Å². The first-order valence-corrected chi connectivity index (χ1v) is 13.6. The number of benzene rings is 2. The number of carbonyl (C=O) groups excluding carboxylic acids is 1. The van der Waals surface area contributed by atoms with Gasteiger partial charge in [0.15, 0.2) is 17.2 Å². The Bertz CT molecular complexity index is 1710. The number of ether oxygens (including phenoxy) is 1. The van der Waals surface area contributed by atoms with Crippen LogP contribution < -0.4 is 27.2 Å². The number of imidazole rings is 1. The Morgan fingerprint density at radius 1 is 1.20 bits per heavy atom. The summed E-state index contributed by atoms with van der Waals surface area (Å²) in [7, 11) is -4.63. The van der Waals surface area contributed by atoms with Crippen LogP contribution in [0, 0.1) is 0 Å². The molecule has 2 aromatic heterocycles. The van der Waals surface area contributed by atoms with Crippen LogP contribution in [0.25, 0.3) is 11.2 Å². The van der Waals surface area contributed by atoms with Gasteiger partial charge in [-0.15, -0.1) is 0 Å². The number of anilines is 4. The van der Waals surface area contributed by atoms with Crippen LogP contribution in [-0.2, 0) is 31.5 Å². The minimum absolute atomic E-state index is 0.00371. The summed E-state index contributed by atoms with van der Waals surface area (Å²) in [4.78, 5) is 25.1. The molecule has 0 spiro atoms. The predicted molar refractivity (Wildman–Crippen MR) is 146 cm³/mol. The number of hydrogen-bond donors (Lipinski definition) is 7. The topological polar surface area (TPSA) is 256 Å². The molecule has 0 unspecified atom stereocenters. The summed E-state index contributed by atoms with van der Waals surface area (Å²) in [5, 5.41) is 25.4. The zero-order valence-electron chi connectivity index (χ0n) is 21.3. The molecule has 1 aliphatic rings. The lowest BCUT2D eigenvalue weighted by Crippen LogP contribution is -2.47. The lowest BCUT2D eigenvalue weighted by Gasteiger charge is -2.27. The van der Waals surface area contributed by atoms with Crippen LogP contribution in [0.2, 0.25) is 0 Å². The molecule has 3 heterocycles. The molecular formula is C24H27N9O7S. The minimum Gasteiger partial charge on any atom is -0.398 e. The molecule has 4 aromatic rings. The molecular weight excluding hydrogens is 558 g/mol. The van der Waals surface area contributed by atoms with Gasteiger partial charge in [0.1, 0.15) is 17.7 Å². The number of aromatic nitrogens is 4. The number of nitrogen functional groups attached to an aromatic ring is 2. The molecule has 2 aromatic carbocycles. The average Bonchev–Trinajstić information content (AvgIpc) is 3.49. The van der Waals surface area contributed by atoms with Crippen molar-refractivity contribution in [3.8, 4) is 0 Å². The van der Waals surface area contributed by atoms with Gasteiger partial charge < -0.3 is 37.5 Å². The summed E-state index contributed by atoms with van der Waals surface area (Å²) in [6.07, 6.45) is -1.82. The molecule has 10 N–H and O–H groups in total. The van der Waals surface area contributed by atoms with E-state index >= 15 is 0 Å². The van der Waals surface area contributed by atoms with Crippen molar-refractivity contribution in [2.45, 2.75) is 24.5 Å². The quantitative estimate of drug-likeness (QED) is 0.120. The number of para-hydroxylation sites is 1. The van der Waals surface area contributed by atoms with E-state index in [1.54, 1.807) is 29.0 Å². The van der Waals surface area contributed by atoms with E-state index in [-0.39, 0.29) is 34.2 Å². The molecule has 0 bridgehead atoms. The first-order chi connectivity index (χ1) is 19.5. The lowest BCUT2D eigenvalue weighted by molar-refractivity contribution is -0.109. The monoisotopic (exact) mass is 585 g/mol. The Morgan fingerprint density at radius 3 is 2.73 bits per heavy atom. The highest BCUT2D eigenvalue weighted by Crippen LogP contribution is 2.33. The fourth-order valence-corrected chi connectivity index (χ4v) is 4.99. The number of carbonyl (C=O) groups is 1. The fraction of sp³-hybridized carbons (Fsp3) is 0.250. The molecule has 216 valence electrons. The van der Waals surface area contributed by atoms with Crippen LogP contribution in [0.1, 0.15) is 15.9 Å². The number of nitrogens with one attached hydrogen (secondary N) is 2. The molecule has 5 rings (SSSR count). The van der Waals surface area contributed by atoms with E-state index in [0.29, 0.717) is 12.2 Å². The largest absolute Gasteiger partial charge is 0.398 e. The Hall–Kier alpha value is -4.39. The van der Waals surface area contributed by atoms with Gasteiger partial charge in [0, 0.05) is 17.9 Å². The van der Waals surface area contributed by atoms with Gasteiger partial charge in [0.2, 0.25) is 5.95 Å². The van der Waals surface area contributed by atoms with Crippen LogP contribution in [0.3, 0.4) is 0 Å². The Kier molecular flexibility index (Phi) is 7.47. The van der Waals surface area contributed by atoms with Gasteiger partial charge >= 0.3 is 10.3 Å². The molecule has 1 fully saturated rings. The molecule has 0 aliphatic carbocycles. The predicted octanol–water partition coefficient (Wildman–Crippen LogP) is -0.711. The molecule has 16 nitrogen and oxygen atoms in total. The number of aliphatic hydroxyl groups is 2. The summed E-state index contributed by atoms with van der Waals surface area (Å²) >= 11 is 0. The van der Waals surface area contributed by atoms with Crippen molar-refractivity contribution in [1.82, 2.24) is 24.2 Å². The first-order valence-electron chi connectivity index (χ1n) is 12.2. The Labute approximate surface area is 233 Å². The summed E-state index contributed by atoms with van der Waals surface area (Å²) < 4.78 is 37.9. The number of nitrogens with zero attached hydrogens (tertiary/aromatic N) is 4. The standard InChI is InChI=1S/C24H27N9O7S/c25-9-13-4-3-5-14(8-13)29-23-30-20(27)18-21(31-23)33(12-28-18)24(36)11-39-17(19(24)34)10-40-41(37,38)32-22(35)15-6-1-2-7-16(15)26/h1-8,12,17,19,34,36H,9-11,25-26H2,(H,32,35)(H3,27,29,30,31)/t17-,19-,24-/m1/s1. The second kappa shape index (κ2) is 10.9. The third-order valence-corrected chi connectivity index (χ3v) is 7.29. The summed E-state index contributed by atoms with van der Waals surface area (Å²) in [5.74, 6) is -0.915. The van der Waals surface area contributed by atoms with Crippen molar-refractivity contribution in [1.29, 1.82) is 0 Å². The van der Waals surface area contributed by atoms with E-state index in [1.165, 1.54) is 24.5 Å². The van der Waals surface area contributed by atoms with Crippen molar-refractivity contribution in [3.05, 3.63) is 66.0 Å². The minimum atomic E-state index is -4.63. The number of nitrogens with two attached hydrogens (primary N) is 3. The van der Waals surface area contributed by atoms with Gasteiger partial charge in [0.05, 0.1) is 25.1 Å². The third-order valence-electron chi connectivity index (χ3n) is 6.41. The maximum absolute atomic E-state index is 12.4. The van der Waals surface area contributed by atoms with Gasteiger partial charge in [-0.05, 0) is 29.8 Å². The maximum Gasteiger partial charge on any atom is 0.362 e. The molecule has 1 aliphatic heterocycles. The zero-order chi connectivity index (χ0) is 29.4. The third kappa shape index (κ3) is 5.62. The first kappa shape index (κ1) is 28.1. The second-order valence-electron chi connectivity index (χ2n) is 9.18. The summed E-state index contributed by atoms with van der Waals surface area (Å²) in [6, 6.07) is 13.1. The average molecular weight is 586 g/mol. The molecule has 0 saturated carbocycles. The number of hydrogen-bond acceptors (Lipinski definition) is 14. The van der Waals surface area contributed by atoms with E-state index in [2.05, 4.69) is 20.3 Å². The van der Waals surface area contributed by atoms with Crippen LogP contribution in [-0.4, -0.2) is 69.5 Å². The summed E-state index contributed by atoms with van der Waals surface area (Å²) in [6.45, 7) is -0.883. The number of amides is 1. The van der Waals surface area contributed by atoms with E-state index in [0.717, 1.165) is 10.1 Å². The molecule has 0 radical (unpaired) electrons.